The van der Waals surface area contributed by atoms with Gasteiger partial charge in [0, 0.05) is 11.1 Å². The molecule has 0 spiro atoms. The minimum absolute atomic E-state index is 0.203. The molecule has 0 saturated carbocycles. The highest BCUT2D eigenvalue weighted by molar-refractivity contribution is 5.95. The fourth-order valence-electron chi connectivity index (χ4n) is 1.99. The summed E-state index contributed by atoms with van der Waals surface area (Å²) in [5.41, 5.74) is 3.13. The molecule has 1 atom stereocenters. The number of anilines is 1. The maximum absolute atomic E-state index is 11.6. The molecule has 0 radical (unpaired) electrons. The van der Waals surface area contributed by atoms with Crippen LogP contribution in [0.5, 0.6) is 0 Å². The number of hydrogen-bond donors (Lipinski definition) is 3. The first-order valence-electron chi connectivity index (χ1n) is 6.01. The molecule has 2 aromatic carbocycles. The highest BCUT2D eigenvalue weighted by Crippen LogP contribution is 2.23. The van der Waals surface area contributed by atoms with Crippen LogP contribution in [0, 0.1) is 0 Å². The van der Waals surface area contributed by atoms with E-state index >= 15 is 0 Å². The molecule has 0 aliphatic carbocycles. The third kappa shape index (κ3) is 2.43. The van der Waals surface area contributed by atoms with E-state index in [4.69, 9.17) is 5.84 Å². The van der Waals surface area contributed by atoms with Gasteiger partial charge in [-0.3, -0.25) is 10.2 Å². The second-order valence-electron chi connectivity index (χ2n) is 4.14. The Bertz CT molecular complexity index is 548. The molecule has 4 heteroatoms. The third-order valence-corrected chi connectivity index (χ3v) is 2.99. The zero-order chi connectivity index (χ0) is 13.0. The quantitative estimate of drug-likeness (QED) is 0.437. The Morgan fingerprint density at radius 1 is 1.22 bits per heavy atom. The monoisotopic (exact) mass is 243 g/mol. The standard InChI is InChI=1S/C14H17N3O/c1-2-12(14(18)17-15)16-13-9-5-7-10-6-3-4-8-11(10)13/h3-9,12,16H,2,15H2,1H3,(H,17,18). The van der Waals surface area contributed by atoms with Gasteiger partial charge in [-0.15, -0.1) is 0 Å². The number of fused-ring (bicyclic) bond motifs is 1. The Morgan fingerprint density at radius 3 is 2.67 bits per heavy atom. The van der Waals surface area contributed by atoms with Crippen molar-refractivity contribution < 1.29 is 4.79 Å². The Kier molecular flexibility index (Phi) is 3.79. The van der Waals surface area contributed by atoms with Gasteiger partial charge in [-0.2, -0.15) is 0 Å². The minimum atomic E-state index is -0.319. The highest BCUT2D eigenvalue weighted by atomic mass is 16.2. The lowest BCUT2D eigenvalue weighted by atomic mass is 10.1. The molecule has 0 bridgehead atoms. The summed E-state index contributed by atoms with van der Waals surface area (Å²) in [5, 5.41) is 5.47. The van der Waals surface area contributed by atoms with Crippen molar-refractivity contribution in [3.63, 3.8) is 0 Å². The van der Waals surface area contributed by atoms with Gasteiger partial charge in [0.2, 0.25) is 0 Å². The van der Waals surface area contributed by atoms with Gasteiger partial charge in [0.05, 0.1) is 0 Å². The molecule has 4 N–H and O–H groups in total. The smallest absolute Gasteiger partial charge is 0.256 e. The van der Waals surface area contributed by atoms with Gasteiger partial charge in [-0.25, -0.2) is 5.84 Å². The zero-order valence-corrected chi connectivity index (χ0v) is 10.3. The van der Waals surface area contributed by atoms with E-state index in [1.54, 1.807) is 0 Å². The zero-order valence-electron chi connectivity index (χ0n) is 10.3. The van der Waals surface area contributed by atoms with Crippen molar-refractivity contribution in [2.75, 3.05) is 5.32 Å². The summed E-state index contributed by atoms with van der Waals surface area (Å²) in [6, 6.07) is 13.7. The summed E-state index contributed by atoms with van der Waals surface area (Å²) < 4.78 is 0. The molecule has 0 aliphatic rings. The SMILES string of the molecule is CCC(Nc1cccc2ccccc12)C(=O)NN. The van der Waals surface area contributed by atoms with Crippen LogP contribution in [0.15, 0.2) is 42.5 Å². The van der Waals surface area contributed by atoms with Crippen molar-refractivity contribution in [3.05, 3.63) is 42.5 Å². The van der Waals surface area contributed by atoms with Crippen LogP contribution in [0.2, 0.25) is 0 Å². The number of hydrogen-bond acceptors (Lipinski definition) is 3. The average Bonchev–Trinajstić information content (AvgIpc) is 2.44. The Labute approximate surface area is 106 Å². The Morgan fingerprint density at radius 2 is 1.94 bits per heavy atom. The van der Waals surface area contributed by atoms with Crippen molar-refractivity contribution in [1.29, 1.82) is 0 Å². The molecule has 0 aromatic heterocycles. The molecule has 94 valence electrons. The topological polar surface area (TPSA) is 67.2 Å². The summed E-state index contributed by atoms with van der Waals surface area (Å²) in [7, 11) is 0. The van der Waals surface area contributed by atoms with Crippen molar-refractivity contribution in [2.24, 2.45) is 5.84 Å². The van der Waals surface area contributed by atoms with Gasteiger partial charge >= 0.3 is 0 Å². The van der Waals surface area contributed by atoms with Gasteiger partial charge in [0.15, 0.2) is 0 Å². The van der Waals surface area contributed by atoms with Gasteiger partial charge in [0.25, 0.3) is 5.91 Å². The van der Waals surface area contributed by atoms with Crippen LogP contribution in [0.3, 0.4) is 0 Å². The Hall–Kier alpha value is -2.07. The molecule has 0 aliphatic heterocycles. The van der Waals surface area contributed by atoms with Crippen LogP contribution in [-0.4, -0.2) is 11.9 Å². The number of nitrogens with one attached hydrogen (secondary N) is 2. The number of benzene rings is 2. The second kappa shape index (κ2) is 5.51. The molecule has 1 amide bonds. The van der Waals surface area contributed by atoms with E-state index in [-0.39, 0.29) is 11.9 Å². The van der Waals surface area contributed by atoms with E-state index in [2.05, 4.69) is 10.7 Å². The minimum Gasteiger partial charge on any atom is -0.373 e. The Balaban J connectivity index is 2.33. The normalized spacial score (nSPS) is 12.1. The molecule has 2 rings (SSSR count). The molecule has 4 nitrogen and oxygen atoms in total. The first kappa shape index (κ1) is 12.4. The number of rotatable bonds is 4. The lowest BCUT2D eigenvalue weighted by Crippen LogP contribution is -2.42. The first-order chi connectivity index (χ1) is 8.76. The van der Waals surface area contributed by atoms with Crippen LogP contribution >= 0.6 is 0 Å². The second-order valence-corrected chi connectivity index (χ2v) is 4.14. The van der Waals surface area contributed by atoms with E-state index in [9.17, 15) is 4.79 Å². The van der Waals surface area contributed by atoms with Gasteiger partial charge < -0.3 is 5.32 Å². The van der Waals surface area contributed by atoms with Crippen LogP contribution in [0.4, 0.5) is 5.69 Å². The van der Waals surface area contributed by atoms with Crippen LogP contribution in [0.25, 0.3) is 10.8 Å². The molecular formula is C14H17N3O. The lowest BCUT2D eigenvalue weighted by Gasteiger charge is -2.17. The van der Waals surface area contributed by atoms with Crippen molar-refractivity contribution in [3.8, 4) is 0 Å². The highest BCUT2D eigenvalue weighted by Gasteiger charge is 2.15. The van der Waals surface area contributed by atoms with Crippen LogP contribution in [0.1, 0.15) is 13.3 Å². The number of nitrogens with two attached hydrogens (primary N) is 1. The van der Waals surface area contributed by atoms with Crippen molar-refractivity contribution in [1.82, 2.24) is 5.43 Å². The van der Waals surface area contributed by atoms with E-state index in [0.717, 1.165) is 16.5 Å². The summed E-state index contributed by atoms with van der Waals surface area (Å²) >= 11 is 0. The molecular weight excluding hydrogens is 226 g/mol. The predicted molar refractivity (Wildman–Crippen MR) is 74.0 cm³/mol. The maximum Gasteiger partial charge on any atom is 0.256 e. The fourth-order valence-corrected chi connectivity index (χ4v) is 1.99. The summed E-state index contributed by atoms with van der Waals surface area (Å²) in [4.78, 5) is 11.6. The van der Waals surface area contributed by atoms with E-state index in [0.29, 0.717) is 6.42 Å². The van der Waals surface area contributed by atoms with Crippen LogP contribution < -0.4 is 16.6 Å². The predicted octanol–water partition coefficient (Wildman–Crippen LogP) is 2.02. The van der Waals surface area contributed by atoms with Crippen molar-refractivity contribution >= 4 is 22.4 Å². The lowest BCUT2D eigenvalue weighted by molar-refractivity contribution is -0.121. The van der Waals surface area contributed by atoms with Gasteiger partial charge in [-0.05, 0) is 17.9 Å². The summed E-state index contributed by atoms with van der Waals surface area (Å²) in [5.74, 6) is 4.97. The van der Waals surface area contributed by atoms with Gasteiger partial charge in [0.1, 0.15) is 6.04 Å². The van der Waals surface area contributed by atoms with E-state index in [1.165, 1.54) is 0 Å². The summed E-state index contributed by atoms with van der Waals surface area (Å²) in [6.45, 7) is 1.94. The number of carbonyl (C=O) groups is 1. The third-order valence-electron chi connectivity index (χ3n) is 2.99. The van der Waals surface area contributed by atoms with Gasteiger partial charge in [-0.1, -0.05) is 43.3 Å². The van der Waals surface area contributed by atoms with E-state index < -0.39 is 0 Å². The molecule has 0 heterocycles. The summed E-state index contributed by atoms with van der Waals surface area (Å²) in [6.07, 6.45) is 0.673. The largest absolute Gasteiger partial charge is 0.373 e. The average molecular weight is 243 g/mol. The van der Waals surface area contributed by atoms with E-state index in [1.807, 2.05) is 49.4 Å². The first-order valence-corrected chi connectivity index (χ1v) is 6.01. The maximum atomic E-state index is 11.6. The molecule has 0 saturated heterocycles. The molecule has 1 unspecified atom stereocenters. The van der Waals surface area contributed by atoms with Crippen molar-refractivity contribution in [2.45, 2.75) is 19.4 Å². The molecule has 0 fully saturated rings. The van der Waals surface area contributed by atoms with Crippen LogP contribution in [-0.2, 0) is 4.79 Å². The number of amides is 1. The fraction of sp³-hybridized carbons (Fsp3) is 0.214. The molecule has 2 aromatic rings. The number of hydrazine groups is 1. The number of carbonyl (C=O) groups excluding carboxylic acids is 1. The molecule has 18 heavy (non-hydrogen) atoms.